The number of nitrogens with zero attached hydrogens (tertiary/aromatic N) is 3. The molecule has 102 valence electrons. The summed E-state index contributed by atoms with van der Waals surface area (Å²) in [5.74, 6) is 0. The Balaban J connectivity index is 1.65. The van der Waals surface area contributed by atoms with Crippen molar-refractivity contribution in [1.82, 2.24) is 25.7 Å². The summed E-state index contributed by atoms with van der Waals surface area (Å²) in [4.78, 5) is 4.42. The van der Waals surface area contributed by atoms with Crippen molar-refractivity contribution in [3.8, 4) is 11.3 Å². The molecule has 3 rings (SSSR count). The van der Waals surface area contributed by atoms with Crippen molar-refractivity contribution in [2.75, 3.05) is 0 Å². The van der Waals surface area contributed by atoms with Gasteiger partial charge in [0.2, 0.25) is 0 Å². The molecule has 6 heteroatoms. The minimum absolute atomic E-state index is 0.664. The molecule has 0 saturated heterocycles. The normalized spacial score (nSPS) is 10.8. The summed E-state index contributed by atoms with van der Waals surface area (Å²) >= 11 is 1.67. The summed E-state index contributed by atoms with van der Waals surface area (Å²) in [6.45, 7) is 3.42. The molecule has 0 bridgehead atoms. The predicted octanol–water partition coefficient (Wildman–Crippen LogP) is 2.53. The van der Waals surface area contributed by atoms with Crippen LogP contribution in [0.1, 0.15) is 16.4 Å². The van der Waals surface area contributed by atoms with Crippen LogP contribution in [0, 0.1) is 6.92 Å². The molecule has 2 aromatic heterocycles. The Morgan fingerprint density at radius 1 is 1.15 bits per heavy atom. The van der Waals surface area contributed by atoms with Gasteiger partial charge in [-0.15, -0.1) is 11.3 Å². The topological polar surface area (TPSA) is 66.5 Å². The molecule has 0 radical (unpaired) electrons. The van der Waals surface area contributed by atoms with E-state index in [0.717, 1.165) is 34.2 Å². The number of benzene rings is 1. The van der Waals surface area contributed by atoms with Crippen LogP contribution in [-0.4, -0.2) is 20.4 Å². The maximum Gasteiger partial charge on any atom is 0.117 e. The van der Waals surface area contributed by atoms with E-state index in [0.29, 0.717) is 6.54 Å². The highest BCUT2D eigenvalue weighted by atomic mass is 32.1. The third-order valence-electron chi connectivity index (χ3n) is 2.93. The molecule has 0 saturated carbocycles. The number of H-pyrrole nitrogens is 1. The maximum atomic E-state index is 4.42. The first-order valence-corrected chi connectivity index (χ1v) is 7.27. The average Bonchev–Trinajstić information content (AvgIpc) is 3.09. The summed E-state index contributed by atoms with van der Waals surface area (Å²) in [5.41, 5.74) is 3.95. The van der Waals surface area contributed by atoms with Crippen molar-refractivity contribution in [3.05, 3.63) is 52.1 Å². The van der Waals surface area contributed by atoms with E-state index in [1.807, 2.05) is 37.3 Å². The third kappa shape index (κ3) is 2.92. The van der Waals surface area contributed by atoms with Crippen LogP contribution in [0.5, 0.6) is 0 Å². The van der Waals surface area contributed by atoms with Crippen LogP contribution in [-0.2, 0) is 13.1 Å². The second-order valence-corrected chi connectivity index (χ2v) is 5.51. The molecule has 2 N–H and O–H groups in total. The highest BCUT2D eigenvalue weighted by molar-refractivity contribution is 7.09. The zero-order chi connectivity index (χ0) is 13.8. The molecule has 5 nitrogen and oxygen atoms in total. The summed E-state index contributed by atoms with van der Waals surface area (Å²) in [5, 5.41) is 17.6. The van der Waals surface area contributed by atoms with Crippen LogP contribution in [0.25, 0.3) is 11.3 Å². The summed E-state index contributed by atoms with van der Waals surface area (Å²) in [6.07, 6.45) is 0. The van der Waals surface area contributed by atoms with Gasteiger partial charge in [-0.2, -0.15) is 15.4 Å². The molecule has 0 atom stereocenters. The first-order chi connectivity index (χ1) is 9.83. The zero-order valence-corrected chi connectivity index (χ0v) is 11.9. The van der Waals surface area contributed by atoms with E-state index in [2.05, 4.69) is 31.1 Å². The molecule has 0 fully saturated rings. The maximum absolute atomic E-state index is 4.42. The molecular formula is C14H15N5S. The van der Waals surface area contributed by atoms with Gasteiger partial charge in [-0.3, -0.25) is 0 Å². The van der Waals surface area contributed by atoms with Gasteiger partial charge >= 0.3 is 0 Å². The van der Waals surface area contributed by atoms with Gasteiger partial charge in [0.1, 0.15) is 11.4 Å². The molecule has 2 heterocycles. The summed E-state index contributed by atoms with van der Waals surface area (Å²) < 4.78 is 0. The van der Waals surface area contributed by atoms with Crippen LogP contribution in [0.15, 0.2) is 35.7 Å². The lowest BCUT2D eigenvalue weighted by molar-refractivity contribution is 0.667. The molecule has 1 aromatic carbocycles. The van der Waals surface area contributed by atoms with Gasteiger partial charge in [-0.05, 0) is 6.92 Å². The Morgan fingerprint density at radius 2 is 2.00 bits per heavy atom. The average molecular weight is 285 g/mol. The molecular weight excluding hydrogens is 270 g/mol. The smallest absolute Gasteiger partial charge is 0.117 e. The molecule has 0 aliphatic rings. The highest BCUT2D eigenvalue weighted by Gasteiger charge is 2.09. The molecule has 0 amide bonds. The first-order valence-electron chi connectivity index (χ1n) is 6.40. The predicted molar refractivity (Wildman–Crippen MR) is 79.2 cm³/mol. The van der Waals surface area contributed by atoms with E-state index < -0.39 is 0 Å². The fourth-order valence-electron chi connectivity index (χ4n) is 2.00. The lowest BCUT2D eigenvalue weighted by Crippen LogP contribution is -2.14. The van der Waals surface area contributed by atoms with Crippen LogP contribution in [0.2, 0.25) is 0 Å². The number of aromatic nitrogens is 4. The molecule has 0 aliphatic heterocycles. The van der Waals surface area contributed by atoms with Crippen molar-refractivity contribution in [3.63, 3.8) is 0 Å². The van der Waals surface area contributed by atoms with Crippen LogP contribution < -0.4 is 5.32 Å². The summed E-state index contributed by atoms with van der Waals surface area (Å²) in [6, 6.07) is 10.1. The van der Waals surface area contributed by atoms with Crippen LogP contribution >= 0.6 is 11.3 Å². The lowest BCUT2D eigenvalue weighted by atomic mass is 10.1. The Labute approximate surface area is 121 Å². The number of rotatable bonds is 5. The quantitative estimate of drug-likeness (QED) is 0.756. The van der Waals surface area contributed by atoms with Gasteiger partial charge in [-0.25, -0.2) is 4.98 Å². The molecule has 0 spiro atoms. The van der Waals surface area contributed by atoms with E-state index in [4.69, 9.17) is 0 Å². The van der Waals surface area contributed by atoms with Gasteiger partial charge in [0, 0.05) is 24.0 Å². The van der Waals surface area contributed by atoms with Crippen molar-refractivity contribution in [2.24, 2.45) is 0 Å². The molecule has 3 aromatic rings. The van der Waals surface area contributed by atoms with Gasteiger partial charge in [-0.1, -0.05) is 30.3 Å². The number of hydrogen-bond acceptors (Lipinski definition) is 5. The van der Waals surface area contributed by atoms with Crippen LogP contribution in [0.4, 0.5) is 0 Å². The number of thiazole rings is 1. The SMILES string of the molecule is Cc1nc(CNCc2n[nH]nc2-c2ccccc2)cs1. The highest BCUT2D eigenvalue weighted by Crippen LogP contribution is 2.18. The molecule has 20 heavy (non-hydrogen) atoms. The summed E-state index contributed by atoms with van der Waals surface area (Å²) in [7, 11) is 0. The van der Waals surface area contributed by atoms with E-state index >= 15 is 0 Å². The molecule has 0 aliphatic carbocycles. The van der Waals surface area contributed by atoms with Crippen LogP contribution in [0.3, 0.4) is 0 Å². The standard InChI is InChI=1S/C14H15N5S/c1-10-16-12(9-20-10)7-15-8-13-14(18-19-17-13)11-5-3-2-4-6-11/h2-6,9,15H,7-8H2,1H3,(H,17,18,19). The second-order valence-electron chi connectivity index (χ2n) is 4.45. The largest absolute Gasteiger partial charge is 0.305 e. The fraction of sp³-hybridized carbons (Fsp3) is 0.214. The number of nitrogens with one attached hydrogen (secondary N) is 2. The Morgan fingerprint density at radius 3 is 2.75 bits per heavy atom. The minimum Gasteiger partial charge on any atom is -0.305 e. The molecule has 0 unspecified atom stereocenters. The van der Waals surface area contributed by atoms with Crippen molar-refractivity contribution in [1.29, 1.82) is 0 Å². The van der Waals surface area contributed by atoms with Gasteiger partial charge in [0.05, 0.1) is 10.7 Å². The van der Waals surface area contributed by atoms with E-state index in [-0.39, 0.29) is 0 Å². The first kappa shape index (κ1) is 13.0. The van der Waals surface area contributed by atoms with Crippen molar-refractivity contribution >= 4 is 11.3 Å². The van der Waals surface area contributed by atoms with E-state index in [1.165, 1.54) is 0 Å². The lowest BCUT2D eigenvalue weighted by Gasteiger charge is -2.02. The monoisotopic (exact) mass is 285 g/mol. The zero-order valence-electron chi connectivity index (χ0n) is 11.1. The van der Waals surface area contributed by atoms with Crippen molar-refractivity contribution < 1.29 is 0 Å². The second kappa shape index (κ2) is 5.94. The Bertz CT molecular complexity index is 674. The van der Waals surface area contributed by atoms with Gasteiger partial charge in [0.15, 0.2) is 0 Å². The minimum atomic E-state index is 0.664. The van der Waals surface area contributed by atoms with Gasteiger partial charge < -0.3 is 5.32 Å². The van der Waals surface area contributed by atoms with Crippen molar-refractivity contribution in [2.45, 2.75) is 20.0 Å². The van der Waals surface area contributed by atoms with E-state index in [9.17, 15) is 0 Å². The third-order valence-corrected chi connectivity index (χ3v) is 3.75. The Hall–Kier alpha value is -2.05. The Kier molecular flexibility index (Phi) is 3.85. The van der Waals surface area contributed by atoms with E-state index in [1.54, 1.807) is 11.3 Å². The number of aromatic amines is 1. The van der Waals surface area contributed by atoms with Gasteiger partial charge in [0.25, 0.3) is 0 Å². The number of aryl methyl sites for hydroxylation is 1. The number of hydrogen-bond donors (Lipinski definition) is 2. The fourth-order valence-corrected chi connectivity index (χ4v) is 2.61.